The van der Waals surface area contributed by atoms with Gasteiger partial charge in [0.05, 0.1) is 17.4 Å². The van der Waals surface area contributed by atoms with E-state index in [0.717, 1.165) is 10.9 Å². The Morgan fingerprint density at radius 2 is 2.16 bits per heavy atom. The first kappa shape index (κ1) is 11.8. The first-order chi connectivity index (χ1) is 9.20. The molecule has 92 valence electrons. The van der Waals surface area contributed by atoms with E-state index in [1.54, 1.807) is 24.4 Å². The number of fused-ring (bicyclic) bond motifs is 3. The molecule has 0 atom stereocenters. The number of aromatic amines is 1. The summed E-state index contributed by atoms with van der Waals surface area (Å²) in [6.07, 6.45) is 1.57. The van der Waals surface area contributed by atoms with E-state index in [4.69, 9.17) is 12.6 Å². The Balaban J connectivity index is 2.55. The number of benzene rings is 1. The molecule has 5 heteroatoms. The van der Waals surface area contributed by atoms with Crippen molar-refractivity contribution in [2.75, 3.05) is 6.61 Å². The van der Waals surface area contributed by atoms with Crippen molar-refractivity contribution in [3.05, 3.63) is 40.8 Å². The maximum absolute atomic E-state index is 12.1. The Kier molecular flexibility index (Phi) is 2.74. The lowest BCUT2D eigenvalue weighted by Gasteiger charge is -2.09. The standard InChI is InChI=1S/C14H11BN2O2/c1-2-19-14-12-9(5-6-16-14)13(18)17-11-4-3-8(15)7-10(11)12/h3-7H,2H2,1H3,(H,17,18). The minimum absolute atomic E-state index is 0.157. The number of hydrogen-bond acceptors (Lipinski definition) is 3. The summed E-state index contributed by atoms with van der Waals surface area (Å²) in [5, 5.41) is 2.10. The molecule has 2 heterocycles. The Morgan fingerprint density at radius 3 is 2.95 bits per heavy atom. The minimum atomic E-state index is -0.157. The molecule has 0 fully saturated rings. The molecule has 0 saturated heterocycles. The van der Waals surface area contributed by atoms with Crippen LogP contribution in [-0.4, -0.2) is 24.4 Å². The zero-order valence-corrected chi connectivity index (χ0v) is 10.4. The molecule has 0 amide bonds. The summed E-state index contributed by atoms with van der Waals surface area (Å²) in [5.41, 5.74) is 1.20. The molecular weight excluding hydrogens is 239 g/mol. The summed E-state index contributed by atoms with van der Waals surface area (Å²) >= 11 is 0. The first-order valence-corrected chi connectivity index (χ1v) is 6.03. The van der Waals surface area contributed by atoms with E-state index in [0.29, 0.717) is 28.7 Å². The topological polar surface area (TPSA) is 55.0 Å². The number of nitrogens with zero attached hydrogens (tertiary/aromatic N) is 1. The van der Waals surface area contributed by atoms with Gasteiger partial charge in [-0.1, -0.05) is 17.6 Å². The number of H-pyrrole nitrogens is 1. The summed E-state index contributed by atoms with van der Waals surface area (Å²) in [6, 6.07) is 7.03. The molecule has 1 aromatic carbocycles. The summed E-state index contributed by atoms with van der Waals surface area (Å²) in [4.78, 5) is 19.1. The van der Waals surface area contributed by atoms with Crippen LogP contribution in [0.2, 0.25) is 0 Å². The van der Waals surface area contributed by atoms with Crippen molar-refractivity contribution >= 4 is 35.0 Å². The van der Waals surface area contributed by atoms with Gasteiger partial charge in [-0.3, -0.25) is 4.79 Å². The highest BCUT2D eigenvalue weighted by atomic mass is 16.5. The highest BCUT2D eigenvalue weighted by Gasteiger charge is 2.11. The lowest BCUT2D eigenvalue weighted by Crippen LogP contribution is -2.10. The van der Waals surface area contributed by atoms with E-state index in [-0.39, 0.29) is 5.56 Å². The molecule has 3 aromatic rings. The van der Waals surface area contributed by atoms with Crippen LogP contribution in [0, 0.1) is 0 Å². The molecule has 0 unspecified atom stereocenters. The summed E-state index contributed by atoms with van der Waals surface area (Å²) in [5.74, 6) is 0.460. The second-order valence-corrected chi connectivity index (χ2v) is 4.23. The number of nitrogens with one attached hydrogen (secondary N) is 1. The van der Waals surface area contributed by atoms with Crippen LogP contribution in [0.3, 0.4) is 0 Å². The highest BCUT2D eigenvalue weighted by Crippen LogP contribution is 2.27. The maximum Gasteiger partial charge on any atom is 0.256 e. The summed E-state index contributed by atoms with van der Waals surface area (Å²) in [6.45, 7) is 2.37. The third-order valence-electron chi connectivity index (χ3n) is 3.00. The molecular formula is C14H11BN2O2. The zero-order valence-electron chi connectivity index (χ0n) is 10.4. The first-order valence-electron chi connectivity index (χ1n) is 6.03. The van der Waals surface area contributed by atoms with Crippen molar-refractivity contribution < 1.29 is 4.74 Å². The molecule has 0 aliphatic rings. The van der Waals surface area contributed by atoms with Gasteiger partial charge < -0.3 is 9.72 Å². The molecule has 19 heavy (non-hydrogen) atoms. The fourth-order valence-electron chi connectivity index (χ4n) is 2.21. The molecule has 1 N–H and O–H groups in total. The normalized spacial score (nSPS) is 11.0. The zero-order chi connectivity index (χ0) is 13.4. The van der Waals surface area contributed by atoms with Crippen molar-refractivity contribution in [1.82, 2.24) is 9.97 Å². The summed E-state index contributed by atoms with van der Waals surface area (Å²) < 4.78 is 5.52. The van der Waals surface area contributed by atoms with E-state index in [1.807, 2.05) is 13.0 Å². The van der Waals surface area contributed by atoms with Gasteiger partial charge in [-0.2, -0.15) is 0 Å². The van der Waals surface area contributed by atoms with Crippen molar-refractivity contribution in [2.24, 2.45) is 0 Å². The number of hydrogen-bond donors (Lipinski definition) is 1. The third-order valence-corrected chi connectivity index (χ3v) is 3.00. The molecule has 2 aromatic heterocycles. The fraction of sp³-hybridized carbons (Fsp3) is 0.143. The smallest absolute Gasteiger partial charge is 0.256 e. The van der Waals surface area contributed by atoms with Crippen molar-refractivity contribution in [1.29, 1.82) is 0 Å². The summed E-state index contributed by atoms with van der Waals surface area (Å²) in [7, 11) is 5.82. The van der Waals surface area contributed by atoms with Gasteiger partial charge in [0, 0.05) is 17.1 Å². The van der Waals surface area contributed by atoms with Gasteiger partial charge in [0.15, 0.2) is 0 Å². The number of aromatic nitrogens is 2. The third kappa shape index (κ3) is 1.87. The average molecular weight is 250 g/mol. The van der Waals surface area contributed by atoms with Gasteiger partial charge in [-0.05, 0) is 19.1 Å². The van der Waals surface area contributed by atoms with E-state index < -0.39 is 0 Å². The van der Waals surface area contributed by atoms with Gasteiger partial charge >= 0.3 is 0 Å². The molecule has 2 radical (unpaired) electrons. The SMILES string of the molecule is [B]c1ccc2[nH]c(=O)c3ccnc(OCC)c3c2c1. The van der Waals surface area contributed by atoms with Crippen LogP contribution in [0.1, 0.15) is 6.92 Å². The van der Waals surface area contributed by atoms with Crippen molar-refractivity contribution in [3.63, 3.8) is 0 Å². The van der Waals surface area contributed by atoms with E-state index in [2.05, 4.69) is 9.97 Å². The van der Waals surface area contributed by atoms with Gasteiger partial charge in [0.2, 0.25) is 5.88 Å². The average Bonchev–Trinajstić information content (AvgIpc) is 2.40. The van der Waals surface area contributed by atoms with E-state index in [9.17, 15) is 4.79 Å². The van der Waals surface area contributed by atoms with Crippen LogP contribution in [0.25, 0.3) is 21.7 Å². The molecule has 0 aliphatic heterocycles. The number of rotatable bonds is 2. The molecule has 3 rings (SSSR count). The quantitative estimate of drug-likeness (QED) is 0.550. The maximum atomic E-state index is 12.1. The monoisotopic (exact) mass is 250 g/mol. The lowest BCUT2D eigenvalue weighted by atomic mass is 9.93. The van der Waals surface area contributed by atoms with E-state index in [1.165, 1.54) is 0 Å². The fourth-order valence-corrected chi connectivity index (χ4v) is 2.21. The second kappa shape index (κ2) is 4.42. The Hall–Kier alpha value is -2.30. The second-order valence-electron chi connectivity index (χ2n) is 4.23. The van der Waals surface area contributed by atoms with Crippen LogP contribution >= 0.6 is 0 Å². The predicted molar refractivity (Wildman–Crippen MR) is 76.4 cm³/mol. The van der Waals surface area contributed by atoms with Gasteiger partial charge in [-0.15, -0.1) is 0 Å². The Bertz CT molecular complexity index is 827. The Labute approximate surface area is 110 Å². The largest absolute Gasteiger partial charge is 0.478 e. The molecule has 0 saturated carbocycles. The van der Waals surface area contributed by atoms with E-state index >= 15 is 0 Å². The lowest BCUT2D eigenvalue weighted by molar-refractivity contribution is 0.331. The van der Waals surface area contributed by atoms with Crippen LogP contribution in [0.4, 0.5) is 0 Å². The van der Waals surface area contributed by atoms with Crippen molar-refractivity contribution in [3.8, 4) is 5.88 Å². The molecule has 4 nitrogen and oxygen atoms in total. The predicted octanol–water partition coefficient (Wildman–Crippen LogP) is 1.27. The number of pyridine rings is 2. The van der Waals surface area contributed by atoms with Crippen LogP contribution < -0.4 is 15.8 Å². The van der Waals surface area contributed by atoms with Gasteiger partial charge in [0.25, 0.3) is 5.56 Å². The number of ether oxygens (including phenoxy) is 1. The molecule has 0 aliphatic carbocycles. The minimum Gasteiger partial charge on any atom is -0.478 e. The van der Waals surface area contributed by atoms with Crippen LogP contribution in [0.5, 0.6) is 5.88 Å². The molecule has 0 bridgehead atoms. The van der Waals surface area contributed by atoms with Crippen LogP contribution in [-0.2, 0) is 0 Å². The molecule has 0 spiro atoms. The van der Waals surface area contributed by atoms with Gasteiger partial charge in [0.1, 0.15) is 7.85 Å². The van der Waals surface area contributed by atoms with Crippen LogP contribution in [0.15, 0.2) is 35.3 Å². The van der Waals surface area contributed by atoms with Crippen molar-refractivity contribution in [2.45, 2.75) is 6.92 Å². The van der Waals surface area contributed by atoms with Gasteiger partial charge in [-0.25, -0.2) is 4.98 Å². The Morgan fingerprint density at radius 1 is 1.32 bits per heavy atom. The highest BCUT2D eigenvalue weighted by molar-refractivity contribution is 6.33.